The summed E-state index contributed by atoms with van der Waals surface area (Å²) in [5.41, 5.74) is 1.28. The van der Waals surface area contributed by atoms with Gasteiger partial charge in [-0.05, 0) is 52.7 Å². The van der Waals surface area contributed by atoms with Crippen LogP contribution in [-0.4, -0.2) is 7.11 Å². The van der Waals surface area contributed by atoms with E-state index in [1.807, 2.05) is 6.92 Å². The second-order valence-corrected chi connectivity index (χ2v) is 5.77. The summed E-state index contributed by atoms with van der Waals surface area (Å²) >= 11 is 9.27. The number of ether oxygens (including phenoxy) is 1. The Hall–Kier alpha value is -1.33. The predicted octanol–water partition coefficient (Wildman–Crippen LogP) is 5.56. The zero-order chi connectivity index (χ0) is 15.6. The second kappa shape index (κ2) is 6.62. The number of anilines is 1. The minimum Gasteiger partial charge on any atom is -0.494 e. The molecule has 0 aliphatic carbocycles. The molecule has 2 nitrogen and oxygen atoms in total. The first kappa shape index (κ1) is 16.0. The minimum atomic E-state index is -0.437. The van der Waals surface area contributed by atoms with Gasteiger partial charge >= 0.3 is 0 Å². The normalized spacial score (nSPS) is 12.1. The molecule has 2 aromatic carbocycles. The number of nitrogens with one attached hydrogen (secondary N) is 1. The van der Waals surface area contributed by atoms with Gasteiger partial charge in [-0.15, -0.1) is 0 Å². The molecule has 2 aromatic rings. The minimum absolute atomic E-state index is 0.187. The van der Waals surface area contributed by atoms with E-state index in [0.717, 1.165) is 5.56 Å². The molecule has 0 aromatic heterocycles. The monoisotopic (exact) mass is 375 g/mol. The van der Waals surface area contributed by atoms with Crippen LogP contribution in [-0.2, 0) is 0 Å². The summed E-state index contributed by atoms with van der Waals surface area (Å²) < 4.78 is 32.3. The summed E-state index contributed by atoms with van der Waals surface area (Å²) in [4.78, 5) is 0. The van der Waals surface area contributed by atoms with Gasteiger partial charge in [0.15, 0.2) is 11.6 Å². The standard InChI is InChI=1S/C15H13BrClF2NO/c1-8(9-3-4-14(21-2)13(19)5-9)20-15-11(16)6-10(18)7-12(15)17/h3-8,20H,1-2H3. The van der Waals surface area contributed by atoms with E-state index >= 15 is 0 Å². The summed E-state index contributed by atoms with van der Waals surface area (Å²) in [5.74, 6) is -0.680. The molecule has 2 rings (SSSR count). The molecule has 1 atom stereocenters. The van der Waals surface area contributed by atoms with Crippen LogP contribution in [0.3, 0.4) is 0 Å². The van der Waals surface area contributed by atoms with E-state index in [0.29, 0.717) is 10.2 Å². The summed E-state index contributed by atoms with van der Waals surface area (Å²) in [6.07, 6.45) is 0. The van der Waals surface area contributed by atoms with Crippen LogP contribution in [0, 0.1) is 11.6 Å². The Labute approximate surface area is 135 Å². The van der Waals surface area contributed by atoms with Crippen LogP contribution in [0.25, 0.3) is 0 Å². The van der Waals surface area contributed by atoms with E-state index in [2.05, 4.69) is 21.2 Å². The number of hydrogen-bond donors (Lipinski definition) is 1. The van der Waals surface area contributed by atoms with Crippen molar-refractivity contribution in [2.24, 2.45) is 0 Å². The Morgan fingerprint density at radius 2 is 1.95 bits per heavy atom. The fraction of sp³-hybridized carbons (Fsp3) is 0.200. The topological polar surface area (TPSA) is 21.3 Å². The average Bonchev–Trinajstić information content (AvgIpc) is 2.42. The van der Waals surface area contributed by atoms with E-state index in [4.69, 9.17) is 16.3 Å². The lowest BCUT2D eigenvalue weighted by molar-refractivity contribution is 0.386. The Morgan fingerprint density at radius 3 is 2.52 bits per heavy atom. The van der Waals surface area contributed by atoms with Gasteiger partial charge in [-0.25, -0.2) is 8.78 Å². The summed E-state index contributed by atoms with van der Waals surface area (Å²) in [7, 11) is 1.41. The molecule has 0 bridgehead atoms. The molecular weight excluding hydrogens is 364 g/mol. The Bertz CT molecular complexity index is 643. The van der Waals surface area contributed by atoms with E-state index in [9.17, 15) is 8.78 Å². The van der Waals surface area contributed by atoms with E-state index in [1.165, 1.54) is 25.3 Å². The molecule has 0 saturated carbocycles. The van der Waals surface area contributed by atoms with Crippen LogP contribution in [0.15, 0.2) is 34.8 Å². The SMILES string of the molecule is COc1ccc(C(C)Nc2c(Cl)cc(F)cc2Br)cc1F. The molecule has 0 spiro atoms. The van der Waals surface area contributed by atoms with Gasteiger partial charge in [-0.1, -0.05) is 17.7 Å². The van der Waals surface area contributed by atoms with Gasteiger partial charge < -0.3 is 10.1 Å². The maximum atomic E-state index is 13.7. The molecule has 1 unspecified atom stereocenters. The largest absolute Gasteiger partial charge is 0.494 e. The number of benzene rings is 2. The molecule has 0 aliphatic heterocycles. The van der Waals surface area contributed by atoms with Crippen LogP contribution in [0.2, 0.25) is 5.02 Å². The summed E-state index contributed by atoms with van der Waals surface area (Å²) in [6, 6.07) is 7.02. The maximum absolute atomic E-state index is 13.7. The number of halogens is 4. The molecule has 0 fully saturated rings. The Morgan fingerprint density at radius 1 is 1.24 bits per heavy atom. The number of methoxy groups -OCH3 is 1. The Balaban J connectivity index is 2.26. The third kappa shape index (κ3) is 3.66. The van der Waals surface area contributed by atoms with Crippen LogP contribution in [0.5, 0.6) is 5.75 Å². The van der Waals surface area contributed by atoms with Crippen LogP contribution in [0.4, 0.5) is 14.5 Å². The van der Waals surface area contributed by atoms with Gasteiger partial charge in [0.25, 0.3) is 0 Å². The highest BCUT2D eigenvalue weighted by Crippen LogP contribution is 2.34. The first-order chi connectivity index (χ1) is 9.92. The molecular formula is C15H13BrClF2NO. The lowest BCUT2D eigenvalue weighted by atomic mass is 10.1. The van der Waals surface area contributed by atoms with Crippen molar-refractivity contribution in [3.8, 4) is 5.75 Å². The van der Waals surface area contributed by atoms with Crippen LogP contribution < -0.4 is 10.1 Å². The zero-order valence-electron chi connectivity index (χ0n) is 11.4. The van der Waals surface area contributed by atoms with Crippen molar-refractivity contribution in [2.75, 3.05) is 12.4 Å². The molecule has 0 saturated heterocycles. The van der Waals surface area contributed by atoms with E-state index < -0.39 is 11.6 Å². The zero-order valence-corrected chi connectivity index (χ0v) is 13.7. The maximum Gasteiger partial charge on any atom is 0.165 e. The van der Waals surface area contributed by atoms with Gasteiger partial charge in [-0.3, -0.25) is 0 Å². The van der Waals surface area contributed by atoms with Gasteiger partial charge in [0.2, 0.25) is 0 Å². The molecule has 0 aliphatic rings. The average molecular weight is 377 g/mol. The van der Waals surface area contributed by atoms with Crippen molar-refractivity contribution in [3.63, 3.8) is 0 Å². The van der Waals surface area contributed by atoms with Crippen molar-refractivity contribution in [1.82, 2.24) is 0 Å². The number of rotatable bonds is 4. The third-order valence-corrected chi connectivity index (χ3v) is 3.97. The quantitative estimate of drug-likeness (QED) is 0.754. The van der Waals surface area contributed by atoms with Gasteiger partial charge in [0.05, 0.1) is 17.8 Å². The Kier molecular flexibility index (Phi) is 5.06. The van der Waals surface area contributed by atoms with Gasteiger partial charge in [0, 0.05) is 10.5 Å². The predicted molar refractivity (Wildman–Crippen MR) is 84.1 cm³/mol. The van der Waals surface area contributed by atoms with Crippen molar-refractivity contribution in [2.45, 2.75) is 13.0 Å². The first-order valence-electron chi connectivity index (χ1n) is 6.17. The van der Waals surface area contributed by atoms with E-state index in [1.54, 1.807) is 12.1 Å². The molecule has 6 heteroatoms. The van der Waals surface area contributed by atoms with Crippen molar-refractivity contribution in [3.05, 3.63) is 57.0 Å². The van der Waals surface area contributed by atoms with E-state index in [-0.39, 0.29) is 16.8 Å². The smallest absolute Gasteiger partial charge is 0.165 e. The first-order valence-corrected chi connectivity index (χ1v) is 7.34. The van der Waals surface area contributed by atoms with Gasteiger partial charge in [-0.2, -0.15) is 0 Å². The molecule has 0 amide bonds. The second-order valence-electron chi connectivity index (χ2n) is 4.50. The highest BCUT2D eigenvalue weighted by Gasteiger charge is 2.14. The van der Waals surface area contributed by atoms with Crippen LogP contribution >= 0.6 is 27.5 Å². The fourth-order valence-corrected chi connectivity index (χ4v) is 2.85. The van der Waals surface area contributed by atoms with Gasteiger partial charge in [0.1, 0.15) is 5.82 Å². The molecule has 21 heavy (non-hydrogen) atoms. The molecule has 1 N–H and O–H groups in total. The lowest BCUT2D eigenvalue weighted by Crippen LogP contribution is -2.08. The number of hydrogen-bond acceptors (Lipinski definition) is 2. The highest BCUT2D eigenvalue weighted by atomic mass is 79.9. The third-order valence-electron chi connectivity index (χ3n) is 3.04. The lowest BCUT2D eigenvalue weighted by Gasteiger charge is -2.18. The molecule has 0 heterocycles. The highest BCUT2D eigenvalue weighted by molar-refractivity contribution is 9.10. The van der Waals surface area contributed by atoms with Crippen molar-refractivity contribution in [1.29, 1.82) is 0 Å². The summed E-state index contributed by atoms with van der Waals surface area (Å²) in [5, 5.41) is 3.39. The summed E-state index contributed by atoms with van der Waals surface area (Å²) in [6.45, 7) is 1.85. The van der Waals surface area contributed by atoms with Crippen molar-refractivity contribution >= 4 is 33.2 Å². The van der Waals surface area contributed by atoms with Crippen molar-refractivity contribution < 1.29 is 13.5 Å². The fourth-order valence-electron chi connectivity index (χ4n) is 1.93. The molecule has 112 valence electrons. The molecule has 0 radical (unpaired) electrons. The van der Waals surface area contributed by atoms with Crippen LogP contribution in [0.1, 0.15) is 18.5 Å².